The highest BCUT2D eigenvalue weighted by atomic mass is 19.4. The van der Waals surface area contributed by atoms with Gasteiger partial charge in [0.25, 0.3) is 0 Å². The lowest BCUT2D eigenvalue weighted by Crippen LogP contribution is -2.60. The molecule has 50 heavy (non-hydrogen) atoms. The van der Waals surface area contributed by atoms with E-state index < -0.39 is 36.7 Å². The second-order valence-electron chi connectivity index (χ2n) is 12.8. The Morgan fingerprint density at radius 1 is 0.820 bits per heavy atom. The Balaban J connectivity index is 0.000000630. The molecule has 4 aliphatic rings. The van der Waals surface area contributed by atoms with E-state index in [9.17, 15) is 32.3 Å². The number of piperidine rings is 1. The van der Waals surface area contributed by atoms with Crippen LogP contribution in [0.2, 0.25) is 0 Å². The van der Waals surface area contributed by atoms with Crippen molar-refractivity contribution in [1.29, 1.82) is 0 Å². The van der Waals surface area contributed by atoms with E-state index in [4.69, 9.17) is 28.8 Å². The van der Waals surface area contributed by atoms with E-state index in [-0.39, 0.29) is 43.9 Å². The van der Waals surface area contributed by atoms with Crippen LogP contribution in [0.5, 0.6) is 0 Å². The van der Waals surface area contributed by atoms with Crippen LogP contribution in [0.4, 0.5) is 18.0 Å². The summed E-state index contributed by atoms with van der Waals surface area (Å²) in [5, 5.41) is 8.78. The second kappa shape index (κ2) is 15.6. The van der Waals surface area contributed by atoms with Gasteiger partial charge in [-0.3, -0.25) is 14.5 Å². The van der Waals surface area contributed by atoms with Crippen molar-refractivity contribution in [2.45, 2.75) is 81.3 Å². The van der Waals surface area contributed by atoms with Gasteiger partial charge in [0, 0.05) is 51.4 Å². The van der Waals surface area contributed by atoms with Crippen LogP contribution < -0.4 is 5.11 Å². The van der Waals surface area contributed by atoms with Gasteiger partial charge in [0.05, 0.1) is 31.7 Å². The van der Waals surface area contributed by atoms with Gasteiger partial charge in [-0.15, -0.1) is 0 Å². The van der Waals surface area contributed by atoms with Gasteiger partial charge >= 0.3 is 18.3 Å². The number of alkyl halides is 3. The second-order valence-corrected chi connectivity index (χ2v) is 12.8. The first-order valence-corrected chi connectivity index (χ1v) is 16.6. The number of aliphatic carboxylic acids is 1. The molecule has 0 aliphatic carbocycles. The van der Waals surface area contributed by atoms with Crippen LogP contribution in [0.1, 0.15) is 62.5 Å². The lowest BCUT2D eigenvalue weighted by molar-refractivity contribution is -0.956. The number of halogens is 3. The lowest BCUT2D eigenvalue weighted by Gasteiger charge is -2.47. The summed E-state index contributed by atoms with van der Waals surface area (Å²) in [4.78, 5) is 60.2. The van der Waals surface area contributed by atoms with E-state index >= 15 is 0 Å². The predicted molar refractivity (Wildman–Crippen MR) is 164 cm³/mol. The number of carbonyl (C=O) groups excluding carboxylic acids is 5. The zero-order valence-corrected chi connectivity index (χ0v) is 27.3. The Morgan fingerprint density at radius 3 is 1.80 bits per heavy atom. The smallest absolute Gasteiger partial charge is 0.510 e. The van der Waals surface area contributed by atoms with Crippen LogP contribution in [0.25, 0.3) is 0 Å². The van der Waals surface area contributed by atoms with Crippen LogP contribution in [0.15, 0.2) is 60.7 Å². The molecule has 270 valence electrons. The topological polar surface area (TPSA) is 149 Å². The molecule has 4 heterocycles. The quantitative estimate of drug-likeness (QED) is 0.156. The summed E-state index contributed by atoms with van der Waals surface area (Å²) in [5.74, 6) is -4.13. The summed E-state index contributed by atoms with van der Waals surface area (Å²) in [6, 6.07) is 19.2. The number of ether oxygens (including phenoxy) is 4. The molecule has 0 radical (unpaired) electrons. The van der Waals surface area contributed by atoms with E-state index in [2.05, 4.69) is 0 Å². The summed E-state index contributed by atoms with van der Waals surface area (Å²) < 4.78 is 55.6. The molecule has 0 aromatic heterocycles. The maximum Gasteiger partial charge on any atom is 0.510 e. The summed E-state index contributed by atoms with van der Waals surface area (Å²) in [7, 11) is 0. The molecule has 6 rings (SSSR count). The highest BCUT2D eigenvalue weighted by Crippen LogP contribution is 2.47. The highest BCUT2D eigenvalue weighted by molar-refractivity contribution is 6.01. The minimum atomic E-state index is -5.19. The number of hydrogen-bond donors (Lipinski definition) is 0. The van der Waals surface area contributed by atoms with Crippen molar-refractivity contribution in [2.75, 3.05) is 33.0 Å². The summed E-state index contributed by atoms with van der Waals surface area (Å²) >= 11 is 0. The van der Waals surface area contributed by atoms with E-state index in [1.54, 1.807) is 24.3 Å². The number of esters is 1. The number of imide groups is 1. The minimum Gasteiger partial charge on any atom is -0.542 e. The first-order chi connectivity index (χ1) is 23.9. The van der Waals surface area contributed by atoms with Gasteiger partial charge in [0.2, 0.25) is 17.4 Å². The molecular formula is C35H39F3N2O10. The monoisotopic (exact) mass is 704 g/mol. The first kappa shape index (κ1) is 36.8. The fourth-order valence-corrected chi connectivity index (χ4v) is 7.81. The van der Waals surface area contributed by atoms with Crippen molar-refractivity contribution in [3.05, 3.63) is 71.8 Å². The largest absolute Gasteiger partial charge is 0.542 e. The number of likely N-dealkylation sites (tertiary alicyclic amines) is 1. The molecule has 2 bridgehead atoms. The number of quaternary nitrogens is 1. The van der Waals surface area contributed by atoms with Gasteiger partial charge in [-0.2, -0.15) is 13.2 Å². The molecule has 2 aromatic carbocycles. The maximum atomic E-state index is 14.3. The normalized spacial score (nSPS) is 22.5. The predicted octanol–water partition coefficient (Wildman–Crippen LogP) is 3.35. The summed E-state index contributed by atoms with van der Waals surface area (Å²) in [6.07, 6.45) is 0.451. The molecule has 12 nitrogen and oxygen atoms in total. The Hall–Kier alpha value is -4.50. The van der Waals surface area contributed by atoms with Crippen LogP contribution in [0, 0.1) is 0 Å². The van der Waals surface area contributed by atoms with Crippen molar-refractivity contribution in [2.24, 2.45) is 0 Å². The van der Waals surface area contributed by atoms with E-state index in [1.807, 2.05) is 36.4 Å². The van der Waals surface area contributed by atoms with Gasteiger partial charge in [-0.1, -0.05) is 60.7 Å². The van der Waals surface area contributed by atoms with Crippen LogP contribution in [-0.2, 0) is 43.7 Å². The fourth-order valence-electron chi connectivity index (χ4n) is 7.81. The molecule has 2 unspecified atom stereocenters. The maximum absolute atomic E-state index is 14.3. The average Bonchev–Trinajstić information content (AvgIpc) is 3.75. The van der Waals surface area contributed by atoms with Gasteiger partial charge in [-0.25, -0.2) is 9.59 Å². The summed E-state index contributed by atoms with van der Waals surface area (Å²) in [6.45, 7) is 1.63. The van der Waals surface area contributed by atoms with Gasteiger partial charge in [0.15, 0.2) is 6.79 Å². The molecule has 4 aliphatic heterocycles. The van der Waals surface area contributed by atoms with Crippen molar-refractivity contribution >= 4 is 29.9 Å². The molecular weight excluding hydrogens is 665 g/mol. The Morgan fingerprint density at radius 2 is 1.32 bits per heavy atom. The van der Waals surface area contributed by atoms with Gasteiger partial charge in [0.1, 0.15) is 18.7 Å². The molecule has 4 fully saturated rings. The average molecular weight is 705 g/mol. The molecule has 15 heteroatoms. The van der Waals surface area contributed by atoms with Crippen molar-refractivity contribution in [1.82, 2.24) is 4.90 Å². The third-order valence-corrected chi connectivity index (χ3v) is 10.1. The van der Waals surface area contributed by atoms with Crippen LogP contribution in [-0.4, -0.2) is 96.7 Å². The van der Waals surface area contributed by atoms with E-state index in [0.717, 1.165) is 17.7 Å². The number of amides is 2. The number of rotatable bonds is 10. The highest BCUT2D eigenvalue weighted by Gasteiger charge is 2.57. The minimum absolute atomic E-state index is 0.0404. The number of benzene rings is 2. The van der Waals surface area contributed by atoms with Gasteiger partial charge in [-0.05, 0) is 11.1 Å². The third-order valence-electron chi connectivity index (χ3n) is 10.1. The summed E-state index contributed by atoms with van der Waals surface area (Å²) in [5.41, 5.74) is -0.583. The standard InChI is InChI=1S/C33H39N2O8.C2HF3O2/c36-29-15-16-30(37)34(29)17-20-40-32(39)41-23-42-33(24-9-3-1-4-10-24,25-11-5-2-6-12-25)31(38)43-28-21-26-13-14-27(22-28)35(26)18-7-8-19-35;3-2(4,5)1(6)7/h1-6,9-12,26-28H,7-8,13-23H2;(H,6,7)/q+1;/p-1. The van der Waals surface area contributed by atoms with Crippen molar-refractivity contribution < 1.29 is 65.7 Å². The number of carbonyl (C=O) groups is 5. The molecule has 2 amide bonds. The fraction of sp³-hybridized carbons (Fsp3) is 0.514. The number of hydrogen-bond acceptors (Lipinski definition) is 10. The first-order valence-electron chi connectivity index (χ1n) is 16.6. The zero-order chi connectivity index (χ0) is 35.9. The van der Waals surface area contributed by atoms with Crippen LogP contribution >= 0.6 is 0 Å². The SMILES string of the molecule is O=C(OCCN1C(=O)CCC1=O)OCOC(C(=O)OC1CC2CCC(C1)[N+]21CCCC1)(c1ccccc1)c1ccccc1.O=C([O-])C(F)(F)F. The third kappa shape index (κ3) is 7.94. The Bertz CT molecular complexity index is 1460. The number of carboxylic acid groups (broad SMARTS) is 1. The van der Waals surface area contributed by atoms with Crippen molar-refractivity contribution in [3.8, 4) is 0 Å². The molecule has 0 N–H and O–H groups in total. The number of nitrogens with zero attached hydrogens (tertiary/aromatic N) is 2. The van der Waals surface area contributed by atoms with Gasteiger partial charge < -0.3 is 33.3 Å². The van der Waals surface area contributed by atoms with Crippen LogP contribution in [0.3, 0.4) is 0 Å². The van der Waals surface area contributed by atoms with E-state index in [1.165, 1.54) is 43.3 Å². The Labute approximate surface area is 286 Å². The molecule has 0 saturated carbocycles. The van der Waals surface area contributed by atoms with Crippen molar-refractivity contribution in [3.63, 3.8) is 0 Å². The molecule has 1 spiro atoms. The molecule has 4 saturated heterocycles. The molecule has 2 aromatic rings. The zero-order valence-electron chi connectivity index (χ0n) is 27.3. The number of carboxylic acids is 1. The lowest BCUT2D eigenvalue weighted by atomic mass is 9.85. The van der Waals surface area contributed by atoms with E-state index in [0.29, 0.717) is 23.2 Å². The molecule has 2 atom stereocenters. The Kier molecular flexibility index (Phi) is 11.5.